The van der Waals surface area contributed by atoms with Gasteiger partial charge in [-0.1, -0.05) is 19.3 Å². The number of carbonyl (C=O) groups excluding carboxylic acids is 1. The fourth-order valence-electron chi connectivity index (χ4n) is 3.58. The summed E-state index contributed by atoms with van der Waals surface area (Å²) in [6.07, 6.45) is 6.76. The third-order valence-electron chi connectivity index (χ3n) is 5.05. The minimum Gasteiger partial charge on any atom is -0.359 e. The Balaban J connectivity index is 1.96. The lowest BCUT2D eigenvalue weighted by molar-refractivity contribution is -0.128. The second-order valence-electron chi connectivity index (χ2n) is 7.38. The number of amides is 1. The Kier molecular flexibility index (Phi) is 6.23. The number of guanidine groups is 1. The molecule has 6 heteroatoms. The number of nitrogens with one attached hydrogen (secondary N) is 2. The molecule has 0 atom stereocenters. The zero-order valence-electron chi connectivity index (χ0n) is 15.1. The van der Waals surface area contributed by atoms with Crippen LogP contribution in [-0.4, -0.2) is 61.0 Å². The van der Waals surface area contributed by atoms with Gasteiger partial charge >= 0.3 is 0 Å². The van der Waals surface area contributed by atoms with Gasteiger partial charge in [-0.25, -0.2) is 0 Å². The van der Waals surface area contributed by atoms with E-state index in [2.05, 4.69) is 32.3 Å². The van der Waals surface area contributed by atoms with Crippen molar-refractivity contribution in [2.75, 3.05) is 39.5 Å². The van der Waals surface area contributed by atoms with E-state index in [0.29, 0.717) is 11.3 Å². The van der Waals surface area contributed by atoms with Crippen LogP contribution in [0.15, 0.2) is 4.99 Å². The lowest BCUT2D eigenvalue weighted by atomic mass is 9.87. The van der Waals surface area contributed by atoms with E-state index in [0.717, 1.165) is 19.0 Å². The molecular weight excluding hydrogens is 308 g/mol. The third-order valence-corrected chi connectivity index (χ3v) is 6.59. The Bertz CT molecular complexity index is 438. The Morgan fingerprint density at radius 1 is 1.30 bits per heavy atom. The predicted octanol–water partition coefficient (Wildman–Crippen LogP) is 2.09. The fourth-order valence-corrected chi connectivity index (χ4v) is 5.14. The van der Waals surface area contributed by atoms with Gasteiger partial charge in [-0.3, -0.25) is 9.79 Å². The summed E-state index contributed by atoms with van der Waals surface area (Å²) in [5.74, 6) is 2.16. The third kappa shape index (κ3) is 4.55. The highest BCUT2D eigenvalue weighted by molar-refractivity contribution is 8.00. The molecule has 0 aromatic carbocycles. The van der Waals surface area contributed by atoms with E-state index in [9.17, 15) is 4.79 Å². The standard InChI is InChI=1S/C17H32N4OS/c1-16(2,14(22)18-3)12-20-15(19-4)21-10-11-23-17(13-21)8-6-5-7-9-17/h5-13H2,1-4H3,(H,18,22)(H,19,20). The number of hydrogen-bond acceptors (Lipinski definition) is 3. The zero-order valence-corrected chi connectivity index (χ0v) is 15.9. The summed E-state index contributed by atoms with van der Waals surface area (Å²) in [5.41, 5.74) is -0.447. The van der Waals surface area contributed by atoms with Gasteiger partial charge in [-0.2, -0.15) is 11.8 Å². The molecule has 1 saturated carbocycles. The average molecular weight is 341 g/mol. The maximum absolute atomic E-state index is 11.9. The van der Waals surface area contributed by atoms with Crippen molar-refractivity contribution in [3.05, 3.63) is 0 Å². The fraction of sp³-hybridized carbons (Fsp3) is 0.882. The van der Waals surface area contributed by atoms with Crippen LogP contribution in [0.2, 0.25) is 0 Å². The van der Waals surface area contributed by atoms with Gasteiger partial charge in [0, 0.05) is 44.2 Å². The lowest BCUT2D eigenvalue weighted by Crippen LogP contribution is -2.55. The molecule has 0 bridgehead atoms. The summed E-state index contributed by atoms with van der Waals surface area (Å²) in [7, 11) is 3.53. The second-order valence-corrected chi connectivity index (χ2v) is 8.94. The number of carbonyl (C=O) groups is 1. The number of hydrogen-bond donors (Lipinski definition) is 2. The monoisotopic (exact) mass is 340 g/mol. The largest absolute Gasteiger partial charge is 0.359 e. The van der Waals surface area contributed by atoms with Crippen LogP contribution >= 0.6 is 11.8 Å². The van der Waals surface area contributed by atoms with E-state index in [4.69, 9.17) is 0 Å². The van der Waals surface area contributed by atoms with Crippen molar-refractivity contribution < 1.29 is 4.79 Å². The summed E-state index contributed by atoms with van der Waals surface area (Å²) in [6.45, 7) is 6.63. The normalized spacial score (nSPS) is 22.1. The van der Waals surface area contributed by atoms with Crippen molar-refractivity contribution in [3.63, 3.8) is 0 Å². The zero-order chi connectivity index (χ0) is 16.9. The first-order valence-corrected chi connectivity index (χ1v) is 9.73. The Morgan fingerprint density at radius 2 is 2.00 bits per heavy atom. The minimum absolute atomic E-state index is 0.0541. The summed E-state index contributed by atoms with van der Waals surface area (Å²) >= 11 is 2.16. The first kappa shape index (κ1) is 18.4. The molecule has 1 aliphatic carbocycles. The van der Waals surface area contributed by atoms with Gasteiger partial charge in [0.2, 0.25) is 5.91 Å². The van der Waals surface area contributed by atoms with Crippen molar-refractivity contribution in [1.29, 1.82) is 0 Å². The van der Waals surface area contributed by atoms with Crippen molar-refractivity contribution in [3.8, 4) is 0 Å². The van der Waals surface area contributed by atoms with Crippen LogP contribution in [0.5, 0.6) is 0 Å². The van der Waals surface area contributed by atoms with Gasteiger partial charge in [-0.15, -0.1) is 0 Å². The molecule has 0 aromatic rings. The lowest BCUT2D eigenvalue weighted by Gasteiger charge is -2.45. The molecular formula is C17H32N4OS. The predicted molar refractivity (Wildman–Crippen MR) is 99.1 cm³/mol. The molecule has 2 rings (SSSR count). The van der Waals surface area contributed by atoms with Crippen LogP contribution in [0.3, 0.4) is 0 Å². The van der Waals surface area contributed by atoms with E-state index in [1.807, 2.05) is 20.9 Å². The topological polar surface area (TPSA) is 56.7 Å². The van der Waals surface area contributed by atoms with Gasteiger partial charge < -0.3 is 15.5 Å². The highest BCUT2D eigenvalue weighted by atomic mass is 32.2. The van der Waals surface area contributed by atoms with Crippen LogP contribution in [0.25, 0.3) is 0 Å². The molecule has 2 N–H and O–H groups in total. The van der Waals surface area contributed by atoms with Gasteiger partial charge in [0.25, 0.3) is 0 Å². The molecule has 1 saturated heterocycles. The van der Waals surface area contributed by atoms with Crippen LogP contribution in [-0.2, 0) is 4.79 Å². The summed E-state index contributed by atoms with van der Waals surface area (Å²) in [5, 5.41) is 6.16. The van der Waals surface area contributed by atoms with Gasteiger partial charge in [0.15, 0.2) is 5.96 Å². The van der Waals surface area contributed by atoms with E-state index in [-0.39, 0.29) is 5.91 Å². The summed E-state index contributed by atoms with van der Waals surface area (Å²) < 4.78 is 0.421. The molecule has 2 fully saturated rings. The molecule has 132 valence electrons. The van der Waals surface area contributed by atoms with E-state index in [1.54, 1.807) is 7.05 Å². The molecule has 1 heterocycles. The highest BCUT2D eigenvalue weighted by Crippen LogP contribution is 2.42. The quantitative estimate of drug-likeness (QED) is 0.610. The average Bonchev–Trinajstić information content (AvgIpc) is 2.55. The molecule has 0 aromatic heterocycles. The Morgan fingerprint density at radius 3 is 2.61 bits per heavy atom. The Labute approximate surface area is 145 Å². The molecule has 5 nitrogen and oxygen atoms in total. The minimum atomic E-state index is -0.447. The highest BCUT2D eigenvalue weighted by Gasteiger charge is 2.38. The number of rotatable bonds is 3. The first-order valence-electron chi connectivity index (χ1n) is 8.74. The molecule has 1 spiro atoms. The van der Waals surface area contributed by atoms with E-state index >= 15 is 0 Å². The van der Waals surface area contributed by atoms with Crippen molar-refractivity contribution in [1.82, 2.24) is 15.5 Å². The molecule has 1 amide bonds. The van der Waals surface area contributed by atoms with E-state index in [1.165, 1.54) is 37.9 Å². The van der Waals surface area contributed by atoms with Crippen LogP contribution < -0.4 is 10.6 Å². The van der Waals surface area contributed by atoms with Crippen molar-refractivity contribution in [2.24, 2.45) is 10.4 Å². The van der Waals surface area contributed by atoms with Crippen LogP contribution in [0.4, 0.5) is 0 Å². The maximum atomic E-state index is 11.9. The number of nitrogens with zero attached hydrogens (tertiary/aromatic N) is 2. The number of thioether (sulfide) groups is 1. The van der Waals surface area contributed by atoms with Crippen LogP contribution in [0, 0.1) is 5.41 Å². The van der Waals surface area contributed by atoms with Crippen LogP contribution in [0.1, 0.15) is 46.0 Å². The first-order chi connectivity index (χ1) is 10.9. The summed E-state index contributed by atoms with van der Waals surface area (Å²) in [4.78, 5) is 18.8. The molecule has 2 aliphatic rings. The maximum Gasteiger partial charge on any atom is 0.227 e. The SMILES string of the molecule is CN=C(NCC(C)(C)C(=O)NC)N1CCSC2(CCCCC2)C1. The van der Waals surface area contributed by atoms with E-state index < -0.39 is 5.41 Å². The molecule has 23 heavy (non-hydrogen) atoms. The van der Waals surface area contributed by atoms with Gasteiger partial charge in [-0.05, 0) is 26.7 Å². The van der Waals surface area contributed by atoms with Gasteiger partial charge in [0.05, 0.1) is 5.41 Å². The second kappa shape index (κ2) is 7.77. The van der Waals surface area contributed by atoms with Crippen molar-refractivity contribution >= 4 is 23.6 Å². The molecule has 0 unspecified atom stereocenters. The van der Waals surface area contributed by atoms with Gasteiger partial charge in [0.1, 0.15) is 0 Å². The summed E-state index contributed by atoms with van der Waals surface area (Å²) in [6, 6.07) is 0. The number of aliphatic imine (C=N–C) groups is 1. The molecule has 1 aliphatic heterocycles. The van der Waals surface area contributed by atoms with Crippen molar-refractivity contribution in [2.45, 2.75) is 50.7 Å². The smallest absolute Gasteiger partial charge is 0.227 e. The Hall–Kier alpha value is -0.910. The molecule has 0 radical (unpaired) electrons.